The molecule has 0 aliphatic heterocycles. The maximum atomic E-state index is 12.5. The number of alkyl halides is 2. The molecule has 1 unspecified atom stereocenters. The van der Waals surface area contributed by atoms with Gasteiger partial charge in [-0.25, -0.2) is 18.7 Å². The van der Waals surface area contributed by atoms with Crippen molar-refractivity contribution in [2.24, 2.45) is 0 Å². The monoisotopic (exact) mass is 187 g/mol. The minimum absolute atomic E-state index is 0.141. The number of anilines is 1. The zero-order valence-corrected chi connectivity index (χ0v) is 7.24. The third-order valence-corrected chi connectivity index (χ3v) is 1.92. The minimum atomic E-state index is -2.42. The van der Waals surface area contributed by atoms with Gasteiger partial charge in [0.25, 0.3) is 0 Å². The average Bonchev–Trinajstić information content (AvgIpc) is 2.09. The number of nitrogens with zero attached hydrogens (tertiary/aromatic N) is 2. The molecule has 0 aliphatic rings. The van der Waals surface area contributed by atoms with Crippen molar-refractivity contribution in [3.8, 4) is 0 Å². The van der Waals surface area contributed by atoms with Gasteiger partial charge in [-0.1, -0.05) is 6.92 Å². The second kappa shape index (κ2) is 4.11. The lowest BCUT2D eigenvalue weighted by atomic mass is 9.99. The Bertz CT molecular complexity index is 278. The Kier molecular flexibility index (Phi) is 3.11. The summed E-state index contributed by atoms with van der Waals surface area (Å²) >= 11 is 0. The van der Waals surface area contributed by atoms with Crippen LogP contribution in [-0.2, 0) is 0 Å². The molecule has 13 heavy (non-hydrogen) atoms. The zero-order valence-electron chi connectivity index (χ0n) is 7.24. The number of rotatable bonds is 3. The number of hydrogen-bond donors (Lipinski definition) is 1. The number of aromatic nitrogens is 2. The predicted molar refractivity (Wildman–Crippen MR) is 45.5 cm³/mol. The Hall–Kier alpha value is -1.26. The van der Waals surface area contributed by atoms with Gasteiger partial charge in [-0.2, -0.15) is 0 Å². The SMILES string of the molecule is CCC(c1cncnc1N)C(F)F. The Morgan fingerprint density at radius 2 is 2.23 bits per heavy atom. The molecule has 1 atom stereocenters. The molecule has 0 aliphatic carbocycles. The van der Waals surface area contributed by atoms with Gasteiger partial charge in [0.05, 0.1) is 0 Å². The molecule has 0 saturated carbocycles. The lowest BCUT2D eigenvalue weighted by Crippen LogP contribution is -2.11. The summed E-state index contributed by atoms with van der Waals surface area (Å²) in [5.41, 5.74) is 5.78. The van der Waals surface area contributed by atoms with Crippen LogP contribution in [0.2, 0.25) is 0 Å². The lowest BCUT2D eigenvalue weighted by Gasteiger charge is -2.14. The maximum Gasteiger partial charge on any atom is 0.245 e. The van der Waals surface area contributed by atoms with Crippen LogP contribution >= 0.6 is 0 Å². The number of hydrogen-bond acceptors (Lipinski definition) is 3. The number of nitrogens with two attached hydrogens (primary N) is 1. The molecule has 0 fully saturated rings. The highest BCUT2D eigenvalue weighted by Gasteiger charge is 2.22. The maximum absolute atomic E-state index is 12.5. The highest BCUT2D eigenvalue weighted by molar-refractivity contribution is 5.39. The van der Waals surface area contributed by atoms with Crippen molar-refractivity contribution >= 4 is 5.82 Å². The Morgan fingerprint density at radius 3 is 2.69 bits per heavy atom. The van der Waals surface area contributed by atoms with Crippen molar-refractivity contribution in [3.05, 3.63) is 18.1 Å². The molecule has 0 aromatic carbocycles. The van der Waals surface area contributed by atoms with Gasteiger partial charge in [-0.05, 0) is 6.42 Å². The molecule has 1 aromatic heterocycles. The molecule has 0 bridgehead atoms. The van der Waals surface area contributed by atoms with Crippen LogP contribution in [-0.4, -0.2) is 16.4 Å². The summed E-state index contributed by atoms with van der Waals surface area (Å²) in [5, 5.41) is 0. The van der Waals surface area contributed by atoms with Gasteiger partial charge in [0.15, 0.2) is 0 Å². The third kappa shape index (κ3) is 2.11. The molecular formula is C8H11F2N3. The van der Waals surface area contributed by atoms with E-state index in [0.29, 0.717) is 12.0 Å². The molecule has 1 heterocycles. The van der Waals surface area contributed by atoms with Crippen molar-refractivity contribution < 1.29 is 8.78 Å². The highest BCUT2D eigenvalue weighted by atomic mass is 19.3. The molecule has 3 nitrogen and oxygen atoms in total. The van der Waals surface area contributed by atoms with Crippen LogP contribution in [0.1, 0.15) is 24.8 Å². The Labute approximate surface area is 75.0 Å². The molecule has 72 valence electrons. The lowest BCUT2D eigenvalue weighted by molar-refractivity contribution is 0.112. The zero-order chi connectivity index (χ0) is 9.84. The molecule has 5 heteroatoms. The van der Waals surface area contributed by atoms with E-state index in [0.717, 1.165) is 0 Å². The van der Waals surface area contributed by atoms with E-state index in [1.807, 2.05) is 0 Å². The fourth-order valence-electron chi connectivity index (χ4n) is 1.17. The van der Waals surface area contributed by atoms with Gasteiger partial charge in [-0.3, -0.25) is 0 Å². The van der Waals surface area contributed by atoms with E-state index in [2.05, 4.69) is 9.97 Å². The van der Waals surface area contributed by atoms with Crippen molar-refractivity contribution in [2.45, 2.75) is 25.7 Å². The second-order valence-electron chi connectivity index (χ2n) is 2.71. The summed E-state index contributed by atoms with van der Waals surface area (Å²) in [5.74, 6) is -0.719. The summed E-state index contributed by atoms with van der Waals surface area (Å²) in [6, 6.07) is 0. The van der Waals surface area contributed by atoms with Gasteiger partial charge in [0.2, 0.25) is 6.43 Å². The molecule has 2 N–H and O–H groups in total. The van der Waals surface area contributed by atoms with E-state index in [1.165, 1.54) is 12.5 Å². The van der Waals surface area contributed by atoms with E-state index >= 15 is 0 Å². The molecule has 1 aromatic rings. The van der Waals surface area contributed by atoms with E-state index in [1.54, 1.807) is 6.92 Å². The summed E-state index contributed by atoms with van der Waals surface area (Å²) in [6.45, 7) is 1.68. The Morgan fingerprint density at radius 1 is 1.54 bits per heavy atom. The first-order valence-electron chi connectivity index (χ1n) is 4.00. The summed E-state index contributed by atoms with van der Waals surface area (Å²) < 4.78 is 24.9. The van der Waals surface area contributed by atoms with Gasteiger partial charge >= 0.3 is 0 Å². The molecular weight excluding hydrogens is 176 g/mol. The molecule has 0 spiro atoms. The van der Waals surface area contributed by atoms with E-state index in [9.17, 15) is 8.78 Å². The topological polar surface area (TPSA) is 51.8 Å². The van der Waals surface area contributed by atoms with Crippen LogP contribution in [0.15, 0.2) is 12.5 Å². The first-order chi connectivity index (χ1) is 6.16. The van der Waals surface area contributed by atoms with Crippen LogP contribution < -0.4 is 5.73 Å². The van der Waals surface area contributed by atoms with Crippen molar-refractivity contribution in [3.63, 3.8) is 0 Å². The van der Waals surface area contributed by atoms with E-state index in [4.69, 9.17) is 5.73 Å². The standard InChI is InChI=1S/C8H11F2N3/c1-2-5(7(9)10)6-3-12-4-13-8(6)11/h3-5,7H,2H2,1H3,(H2,11,12,13). The van der Waals surface area contributed by atoms with Crippen molar-refractivity contribution in [1.82, 2.24) is 9.97 Å². The summed E-state index contributed by atoms with van der Waals surface area (Å²) in [7, 11) is 0. The van der Waals surface area contributed by atoms with Gasteiger partial charge in [0.1, 0.15) is 12.1 Å². The fraction of sp³-hybridized carbons (Fsp3) is 0.500. The van der Waals surface area contributed by atoms with Gasteiger partial charge in [-0.15, -0.1) is 0 Å². The highest BCUT2D eigenvalue weighted by Crippen LogP contribution is 2.28. The van der Waals surface area contributed by atoms with Crippen molar-refractivity contribution in [1.29, 1.82) is 0 Å². The predicted octanol–water partition coefficient (Wildman–Crippen LogP) is 1.82. The summed E-state index contributed by atoms with van der Waals surface area (Å²) in [6.07, 6.45) is 0.507. The minimum Gasteiger partial charge on any atom is -0.383 e. The van der Waals surface area contributed by atoms with Crippen LogP contribution in [0.4, 0.5) is 14.6 Å². The second-order valence-corrected chi connectivity index (χ2v) is 2.71. The van der Waals surface area contributed by atoms with Crippen LogP contribution in [0.3, 0.4) is 0 Å². The van der Waals surface area contributed by atoms with E-state index < -0.39 is 12.3 Å². The van der Waals surface area contributed by atoms with Crippen LogP contribution in [0.5, 0.6) is 0 Å². The number of halogens is 2. The largest absolute Gasteiger partial charge is 0.383 e. The molecule has 0 amide bonds. The fourth-order valence-corrected chi connectivity index (χ4v) is 1.17. The smallest absolute Gasteiger partial charge is 0.245 e. The van der Waals surface area contributed by atoms with Crippen molar-refractivity contribution in [2.75, 3.05) is 5.73 Å². The van der Waals surface area contributed by atoms with Gasteiger partial charge < -0.3 is 5.73 Å². The van der Waals surface area contributed by atoms with Gasteiger partial charge in [0, 0.05) is 17.7 Å². The van der Waals surface area contributed by atoms with Crippen LogP contribution in [0.25, 0.3) is 0 Å². The molecule has 1 rings (SSSR count). The number of nitrogen functional groups attached to an aromatic ring is 1. The van der Waals surface area contributed by atoms with Crippen LogP contribution in [0, 0.1) is 0 Å². The first kappa shape index (κ1) is 9.83. The third-order valence-electron chi connectivity index (χ3n) is 1.92. The molecule has 0 radical (unpaired) electrons. The summed E-state index contributed by atoms with van der Waals surface area (Å²) in [4.78, 5) is 7.34. The van der Waals surface area contributed by atoms with E-state index in [-0.39, 0.29) is 5.82 Å². The molecule has 0 saturated heterocycles. The first-order valence-corrected chi connectivity index (χ1v) is 4.00. The Balaban J connectivity index is 2.97. The normalized spacial score (nSPS) is 13.2. The quantitative estimate of drug-likeness (QED) is 0.785. The average molecular weight is 187 g/mol.